The molecule has 0 bridgehead atoms. The zero-order chi connectivity index (χ0) is 25.2. The topological polar surface area (TPSA) is 49.4 Å². The molecule has 4 nitrogen and oxygen atoms in total. The van der Waals surface area contributed by atoms with E-state index in [9.17, 15) is 9.59 Å². The maximum atomic E-state index is 13.6. The number of halogens is 1. The van der Waals surface area contributed by atoms with Crippen LogP contribution in [0.15, 0.2) is 83.3 Å². The Balaban J connectivity index is 1.84. The van der Waals surface area contributed by atoms with Crippen molar-refractivity contribution in [2.75, 3.05) is 5.75 Å². The Hall–Kier alpha value is -2.57. The third kappa shape index (κ3) is 8.55. The van der Waals surface area contributed by atoms with Gasteiger partial charge in [-0.15, -0.1) is 11.8 Å². The first-order valence-electron chi connectivity index (χ1n) is 11.8. The molecule has 2 amide bonds. The maximum Gasteiger partial charge on any atom is 0.243 e. The Kier molecular flexibility index (Phi) is 10.4. The summed E-state index contributed by atoms with van der Waals surface area (Å²) < 4.78 is 0.978. The quantitative estimate of drug-likeness (QED) is 0.310. The lowest BCUT2D eigenvalue weighted by atomic mass is 10.0. The molecule has 0 aliphatic heterocycles. The molecule has 1 atom stereocenters. The highest BCUT2D eigenvalue weighted by Gasteiger charge is 2.30. The first-order valence-corrected chi connectivity index (χ1v) is 13.8. The number of thioether (sulfide) groups is 1. The molecule has 184 valence electrons. The molecule has 0 unspecified atom stereocenters. The van der Waals surface area contributed by atoms with Gasteiger partial charge in [-0.25, -0.2) is 0 Å². The van der Waals surface area contributed by atoms with Gasteiger partial charge < -0.3 is 10.2 Å². The highest BCUT2D eigenvalue weighted by Crippen LogP contribution is 2.20. The number of rotatable bonds is 11. The zero-order valence-corrected chi connectivity index (χ0v) is 22.9. The lowest BCUT2D eigenvalue weighted by Gasteiger charge is -2.32. The largest absolute Gasteiger partial charge is 0.352 e. The molecule has 0 aromatic heterocycles. The molecule has 6 heteroatoms. The van der Waals surface area contributed by atoms with Crippen LogP contribution in [0.3, 0.4) is 0 Å². The number of amides is 2. The maximum absolute atomic E-state index is 13.6. The Morgan fingerprint density at radius 1 is 0.914 bits per heavy atom. The second-order valence-electron chi connectivity index (χ2n) is 8.94. The number of aryl methyl sites for hydroxylation is 1. The molecule has 35 heavy (non-hydrogen) atoms. The van der Waals surface area contributed by atoms with Gasteiger partial charge in [-0.3, -0.25) is 9.59 Å². The molecule has 3 aromatic rings. The highest BCUT2D eigenvalue weighted by molar-refractivity contribution is 9.10. The molecule has 3 aromatic carbocycles. The lowest BCUT2D eigenvalue weighted by molar-refractivity contribution is -0.139. The summed E-state index contributed by atoms with van der Waals surface area (Å²) in [4.78, 5) is 28.7. The molecule has 3 rings (SSSR count). The summed E-state index contributed by atoms with van der Waals surface area (Å²) >= 11 is 5.07. The van der Waals surface area contributed by atoms with Gasteiger partial charge >= 0.3 is 0 Å². The van der Waals surface area contributed by atoms with E-state index in [1.165, 1.54) is 11.1 Å². The van der Waals surface area contributed by atoms with Crippen LogP contribution in [0.25, 0.3) is 0 Å². The van der Waals surface area contributed by atoms with Crippen molar-refractivity contribution in [3.63, 3.8) is 0 Å². The van der Waals surface area contributed by atoms with Gasteiger partial charge in [0.1, 0.15) is 6.04 Å². The number of carbonyl (C=O) groups is 2. The number of nitrogens with one attached hydrogen (secondary N) is 1. The van der Waals surface area contributed by atoms with E-state index in [1.807, 2.05) is 80.6 Å². The molecule has 0 saturated carbocycles. The summed E-state index contributed by atoms with van der Waals surface area (Å²) in [5.74, 6) is 0.904. The average Bonchev–Trinajstić information content (AvgIpc) is 2.84. The van der Waals surface area contributed by atoms with Crippen molar-refractivity contribution in [1.29, 1.82) is 0 Å². The average molecular weight is 554 g/mol. The second kappa shape index (κ2) is 13.5. The summed E-state index contributed by atoms with van der Waals surface area (Å²) in [6, 6.07) is 25.4. The Labute approximate surface area is 221 Å². The Morgan fingerprint density at radius 2 is 1.57 bits per heavy atom. The van der Waals surface area contributed by atoms with Crippen LogP contribution in [-0.4, -0.2) is 34.6 Å². The first kappa shape index (κ1) is 27.0. The SMILES string of the molecule is Cc1ccccc1CSCC(=O)N(Cc1ccc(Br)cc1)[C@@H](Cc1ccccc1)C(=O)NC(C)C. The van der Waals surface area contributed by atoms with Gasteiger partial charge in [0.15, 0.2) is 0 Å². The van der Waals surface area contributed by atoms with E-state index in [1.54, 1.807) is 16.7 Å². The Morgan fingerprint density at radius 3 is 2.23 bits per heavy atom. The number of hydrogen-bond donors (Lipinski definition) is 1. The summed E-state index contributed by atoms with van der Waals surface area (Å²) in [5.41, 5.74) is 4.46. The van der Waals surface area contributed by atoms with Gasteiger partial charge in [0.25, 0.3) is 0 Å². The van der Waals surface area contributed by atoms with Crippen LogP contribution in [0.2, 0.25) is 0 Å². The summed E-state index contributed by atoms with van der Waals surface area (Å²) in [7, 11) is 0. The second-order valence-corrected chi connectivity index (χ2v) is 10.8. The van der Waals surface area contributed by atoms with E-state index >= 15 is 0 Å². The predicted octanol–water partition coefficient (Wildman–Crippen LogP) is 6.16. The number of benzene rings is 3. The van der Waals surface area contributed by atoms with Crippen molar-refractivity contribution in [1.82, 2.24) is 10.2 Å². The van der Waals surface area contributed by atoms with Crippen LogP contribution in [-0.2, 0) is 28.3 Å². The van der Waals surface area contributed by atoms with Gasteiger partial charge in [0.05, 0.1) is 5.75 Å². The van der Waals surface area contributed by atoms with Crippen molar-refractivity contribution in [3.8, 4) is 0 Å². The Bertz CT molecular complexity index is 1100. The molecule has 1 N–H and O–H groups in total. The smallest absolute Gasteiger partial charge is 0.243 e. The standard InChI is InChI=1S/C29H33BrN2O2S/c1-21(2)31-29(34)27(17-23-10-5-4-6-11-23)32(18-24-13-15-26(30)16-14-24)28(33)20-35-19-25-12-8-7-9-22(25)3/h4-16,21,27H,17-20H2,1-3H3,(H,31,34)/t27-/m0/s1. The van der Waals surface area contributed by atoms with Gasteiger partial charge in [0, 0.05) is 29.2 Å². The van der Waals surface area contributed by atoms with E-state index < -0.39 is 6.04 Å². The molecular weight excluding hydrogens is 520 g/mol. The molecule has 0 fully saturated rings. The van der Waals surface area contributed by atoms with E-state index in [0.29, 0.717) is 18.7 Å². The third-order valence-electron chi connectivity index (χ3n) is 5.71. The fourth-order valence-corrected chi connectivity index (χ4v) is 5.08. The lowest BCUT2D eigenvalue weighted by Crippen LogP contribution is -2.52. The van der Waals surface area contributed by atoms with Crippen molar-refractivity contribution in [2.24, 2.45) is 0 Å². The normalized spacial score (nSPS) is 11.8. The van der Waals surface area contributed by atoms with Crippen molar-refractivity contribution in [3.05, 3.63) is 106 Å². The van der Waals surface area contributed by atoms with E-state index in [4.69, 9.17) is 0 Å². The number of carbonyl (C=O) groups excluding carboxylic acids is 2. The van der Waals surface area contributed by atoms with Gasteiger partial charge in [-0.05, 0) is 55.2 Å². The van der Waals surface area contributed by atoms with E-state index in [2.05, 4.69) is 40.3 Å². The van der Waals surface area contributed by atoms with Crippen LogP contribution in [0.1, 0.15) is 36.1 Å². The minimum atomic E-state index is -0.602. The van der Waals surface area contributed by atoms with Crippen LogP contribution in [0, 0.1) is 6.92 Å². The highest BCUT2D eigenvalue weighted by atomic mass is 79.9. The third-order valence-corrected chi connectivity index (χ3v) is 7.21. The molecule has 0 aliphatic rings. The fourth-order valence-electron chi connectivity index (χ4n) is 3.82. The van der Waals surface area contributed by atoms with Crippen LogP contribution >= 0.6 is 27.7 Å². The van der Waals surface area contributed by atoms with Gasteiger partial charge in [0.2, 0.25) is 11.8 Å². The minimum absolute atomic E-state index is 0.0131. The molecule has 0 spiro atoms. The number of hydrogen-bond acceptors (Lipinski definition) is 3. The van der Waals surface area contributed by atoms with E-state index in [0.717, 1.165) is 21.4 Å². The summed E-state index contributed by atoms with van der Waals surface area (Å²) in [6.07, 6.45) is 0.462. The van der Waals surface area contributed by atoms with E-state index in [-0.39, 0.29) is 17.9 Å². The monoisotopic (exact) mass is 552 g/mol. The predicted molar refractivity (Wildman–Crippen MR) is 149 cm³/mol. The first-order chi connectivity index (χ1) is 16.8. The van der Waals surface area contributed by atoms with Crippen LogP contribution in [0.4, 0.5) is 0 Å². The molecule has 0 heterocycles. The van der Waals surface area contributed by atoms with Crippen LogP contribution in [0.5, 0.6) is 0 Å². The van der Waals surface area contributed by atoms with Gasteiger partial charge in [-0.2, -0.15) is 0 Å². The van der Waals surface area contributed by atoms with Crippen molar-refractivity contribution in [2.45, 2.75) is 51.6 Å². The molecule has 0 radical (unpaired) electrons. The van der Waals surface area contributed by atoms with Gasteiger partial charge in [-0.1, -0.05) is 82.7 Å². The van der Waals surface area contributed by atoms with Crippen LogP contribution < -0.4 is 5.32 Å². The number of nitrogens with zero attached hydrogens (tertiary/aromatic N) is 1. The summed E-state index contributed by atoms with van der Waals surface area (Å²) in [6.45, 7) is 6.34. The van der Waals surface area contributed by atoms with Crippen molar-refractivity contribution < 1.29 is 9.59 Å². The summed E-state index contributed by atoms with van der Waals surface area (Å²) in [5, 5.41) is 3.04. The van der Waals surface area contributed by atoms with Crippen molar-refractivity contribution >= 4 is 39.5 Å². The molecular formula is C29H33BrN2O2S. The fraction of sp³-hybridized carbons (Fsp3) is 0.310. The molecule has 0 aliphatic carbocycles. The molecule has 0 saturated heterocycles. The minimum Gasteiger partial charge on any atom is -0.352 e. The zero-order valence-electron chi connectivity index (χ0n) is 20.5.